The lowest BCUT2D eigenvalue weighted by molar-refractivity contribution is -0.205. The van der Waals surface area contributed by atoms with Crippen molar-refractivity contribution in [3.8, 4) is 0 Å². The van der Waals surface area contributed by atoms with Gasteiger partial charge in [-0.1, -0.05) is 11.6 Å². The van der Waals surface area contributed by atoms with Crippen molar-refractivity contribution in [3.63, 3.8) is 0 Å². The van der Waals surface area contributed by atoms with Gasteiger partial charge in [-0.2, -0.15) is 0 Å². The Labute approximate surface area is 157 Å². The molecule has 1 N–H and O–H groups in total. The molecule has 4 heteroatoms. The van der Waals surface area contributed by atoms with Crippen LogP contribution in [-0.4, -0.2) is 28.5 Å². The Balaban J connectivity index is 1.92. The van der Waals surface area contributed by atoms with Crippen LogP contribution >= 0.6 is 11.6 Å². The molecule has 2 fully saturated rings. The number of carbonyl (C=O) groups excluding carboxylic acids is 1. The van der Waals surface area contributed by atoms with E-state index in [4.69, 9.17) is 16.3 Å². The summed E-state index contributed by atoms with van der Waals surface area (Å²) in [5, 5.41) is 3.24. The van der Waals surface area contributed by atoms with Crippen LogP contribution < -0.4 is 5.32 Å². The molecule has 3 aliphatic rings. The van der Waals surface area contributed by atoms with Gasteiger partial charge >= 0.3 is 0 Å². The Bertz CT molecular complexity index is 560. The lowest BCUT2D eigenvalue weighted by atomic mass is 9.55. The number of carbonyl (C=O) groups is 1. The second-order valence-corrected chi connectivity index (χ2v) is 10.1. The van der Waals surface area contributed by atoms with E-state index < -0.39 is 0 Å². The van der Waals surface area contributed by atoms with Crippen LogP contribution in [0.3, 0.4) is 0 Å². The van der Waals surface area contributed by atoms with Crippen molar-refractivity contribution in [2.24, 2.45) is 17.8 Å². The number of hydrogen-bond acceptors (Lipinski definition) is 2. The molecule has 142 valence electrons. The van der Waals surface area contributed by atoms with Crippen molar-refractivity contribution in [1.82, 2.24) is 5.32 Å². The highest BCUT2D eigenvalue weighted by atomic mass is 35.5. The first-order valence-electron chi connectivity index (χ1n) is 9.84. The number of nitrogens with one attached hydrogen (secondary N) is 1. The first-order valence-corrected chi connectivity index (χ1v) is 10.3. The molecule has 25 heavy (non-hydrogen) atoms. The molecule has 1 saturated heterocycles. The van der Waals surface area contributed by atoms with E-state index in [0.29, 0.717) is 17.8 Å². The molecule has 0 aromatic heterocycles. The highest BCUT2D eigenvalue weighted by molar-refractivity contribution is 6.21. The summed E-state index contributed by atoms with van der Waals surface area (Å²) >= 11 is 6.54. The van der Waals surface area contributed by atoms with Gasteiger partial charge in [-0.3, -0.25) is 4.79 Å². The fraction of sp³-hybridized carbons (Fsp3) is 0.857. The van der Waals surface area contributed by atoms with Gasteiger partial charge in [-0.25, -0.2) is 0 Å². The molecule has 0 aromatic rings. The van der Waals surface area contributed by atoms with Crippen molar-refractivity contribution < 1.29 is 9.53 Å². The standard InChI is InChI=1S/C21H34ClNO2/c1-14-6-7-16-15(12-14)17(8-10-20(16,4)23-13-24)21(5)11-9-18(22)19(2,3)25-21/h12-13,15-18H,6-11H2,1-5H3,(H,23,24)/t15-,16?,17?,18?,20-,21+/m1/s1. The van der Waals surface area contributed by atoms with Gasteiger partial charge in [-0.15, -0.1) is 11.6 Å². The lowest BCUT2D eigenvalue weighted by Gasteiger charge is -2.58. The van der Waals surface area contributed by atoms with Crippen LogP contribution in [0, 0.1) is 17.8 Å². The summed E-state index contributed by atoms with van der Waals surface area (Å²) in [5.74, 6) is 1.43. The zero-order valence-electron chi connectivity index (χ0n) is 16.4. The minimum Gasteiger partial charge on any atom is -0.368 e. The predicted molar refractivity (Wildman–Crippen MR) is 103 cm³/mol. The molecule has 2 aliphatic carbocycles. The number of allylic oxidation sites excluding steroid dienone is 2. The van der Waals surface area contributed by atoms with E-state index >= 15 is 0 Å². The molecular formula is C21H34ClNO2. The smallest absolute Gasteiger partial charge is 0.207 e. The van der Waals surface area contributed by atoms with E-state index in [-0.39, 0.29) is 22.1 Å². The fourth-order valence-corrected chi connectivity index (χ4v) is 5.99. The van der Waals surface area contributed by atoms with Crippen molar-refractivity contribution in [2.75, 3.05) is 0 Å². The number of fused-ring (bicyclic) bond motifs is 1. The summed E-state index contributed by atoms with van der Waals surface area (Å²) in [6.45, 7) is 11.0. The van der Waals surface area contributed by atoms with Crippen molar-refractivity contribution in [2.45, 2.75) is 95.3 Å². The van der Waals surface area contributed by atoms with Crippen LogP contribution in [0.4, 0.5) is 0 Å². The topological polar surface area (TPSA) is 38.3 Å². The third-order valence-electron chi connectivity index (χ3n) is 7.37. The molecule has 3 nitrogen and oxygen atoms in total. The van der Waals surface area contributed by atoms with Crippen molar-refractivity contribution >= 4 is 18.0 Å². The van der Waals surface area contributed by atoms with E-state index in [9.17, 15) is 4.79 Å². The molecule has 6 atom stereocenters. The van der Waals surface area contributed by atoms with Crippen LogP contribution in [-0.2, 0) is 9.53 Å². The van der Waals surface area contributed by atoms with E-state index in [1.54, 1.807) is 0 Å². The maximum atomic E-state index is 11.2. The maximum Gasteiger partial charge on any atom is 0.207 e. The SMILES string of the molecule is CC1=C[C@@H]2C(CC1)[C@](C)(NC=O)CCC2[C@]1(C)CCC(Cl)C(C)(C)O1. The molecular weight excluding hydrogens is 334 g/mol. The first kappa shape index (κ1) is 19.2. The highest BCUT2D eigenvalue weighted by Crippen LogP contribution is 2.54. The molecule has 0 aromatic carbocycles. The maximum absolute atomic E-state index is 11.2. The van der Waals surface area contributed by atoms with E-state index in [1.165, 1.54) is 5.57 Å². The van der Waals surface area contributed by atoms with Crippen molar-refractivity contribution in [1.29, 1.82) is 0 Å². The Morgan fingerprint density at radius 3 is 2.52 bits per heavy atom. The number of halogens is 1. The second kappa shape index (κ2) is 6.56. The van der Waals surface area contributed by atoms with Gasteiger partial charge in [0.1, 0.15) is 0 Å². The third kappa shape index (κ3) is 3.39. The summed E-state index contributed by atoms with van der Waals surface area (Å²) in [6, 6.07) is 0. The Morgan fingerprint density at radius 1 is 1.16 bits per heavy atom. The third-order valence-corrected chi connectivity index (χ3v) is 8.11. The summed E-state index contributed by atoms with van der Waals surface area (Å²) in [4.78, 5) is 11.2. The second-order valence-electron chi connectivity index (χ2n) is 9.58. The summed E-state index contributed by atoms with van der Waals surface area (Å²) in [6.07, 6.45) is 9.79. The molecule has 3 unspecified atom stereocenters. The van der Waals surface area contributed by atoms with Gasteiger partial charge in [-0.05, 0) is 90.9 Å². The average molecular weight is 368 g/mol. The van der Waals surface area contributed by atoms with Gasteiger partial charge < -0.3 is 10.1 Å². The monoisotopic (exact) mass is 367 g/mol. The average Bonchev–Trinajstić information content (AvgIpc) is 2.51. The van der Waals surface area contributed by atoms with E-state index in [2.05, 4.69) is 46.0 Å². The molecule has 1 saturated carbocycles. The largest absolute Gasteiger partial charge is 0.368 e. The molecule has 0 spiro atoms. The molecule has 0 radical (unpaired) electrons. The minimum absolute atomic E-state index is 0.0746. The van der Waals surface area contributed by atoms with E-state index in [1.807, 2.05) is 0 Å². The minimum atomic E-state index is -0.292. The van der Waals surface area contributed by atoms with Crippen LogP contribution in [0.5, 0.6) is 0 Å². The molecule has 1 aliphatic heterocycles. The van der Waals surface area contributed by atoms with Crippen LogP contribution in [0.25, 0.3) is 0 Å². The molecule has 0 bridgehead atoms. The molecule has 3 rings (SSSR count). The summed E-state index contributed by atoms with van der Waals surface area (Å²) < 4.78 is 6.67. The summed E-state index contributed by atoms with van der Waals surface area (Å²) in [7, 11) is 0. The van der Waals surface area contributed by atoms with Gasteiger partial charge in [0.15, 0.2) is 0 Å². The van der Waals surface area contributed by atoms with Gasteiger partial charge in [0.25, 0.3) is 0 Å². The summed E-state index contributed by atoms with van der Waals surface area (Å²) in [5.41, 5.74) is 0.944. The van der Waals surface area contributed by atoms with Gasteiger partial charge in [0.05, 0.1) is 16.6 Å². The first-order chi connectivity index (χ1) is 11.6. The Morgan fingerprint density at radius 2 is 1.88 bits per heavy atom. The number of amides is 1. The normalized spacial score (nSPS) is 46.7. The van der Waals surface area contributed by atoms with Crippen molar-refractivity contribution in [3.05, 3.63) is 11.6 Å². The quantitative estimate of drug-likeness (QED) is 0.440. The van der Waals surface area contributed by atoms with Gasteiger partial charge in [0, 0.05) is 5.54 Å². The number of ether oxygens (including phenoxy) is 1. The van der Waals surface area contributed by atoms with Crippen LogP contribution in [0.1, 0.15) is 73.1 Å². The number of hydrogen-bond donors (Lipinski definition) is 1. The zero-order chi connectivity index (χ0) is 18.5. The number of rotatable bonds is 3. The van der Waals surface area contributed by atoms with Crippen LogP contribution in [0.2, 0.25) is 0 Å². The Kier molecular flexibility index (Phi) is 5.05. The predicted octanol–water partition coefficient (Wildman–Crippen LogP) is 4.83. The highest BCUT2D eigenvalue weighted by Gasteiger charge is 2.55. The van der Waals surface area contributed by atoms with E-state index in [0.717, 1.165) is 44.9 Å². The molecule has 1 heterocycles. The van der Waals surface area contributed by atoms with Gasteiger partial charge in [0.2, 0.25) is 6.41 Å². The Hall–Kier alpha value is -0.540. The lowest BCUT2D eigenvalue weighted by Crippen LogP contribution is -2.61. The zero-order valence-corrected chi connectivity index (χ0v) is 17.2. The molecule has 1 amide bonds. The number of alkyl halides is 1. The van der Waals surface area contributed by atoms with Crippen LogP contribution in [0.15, 0.2) is 11.6 Å². The fourth-order valence-electron chi connectivity index (χ4n) is 5.84.